The van der Waals surface area contributed by atoms with Crippen molar-refractivity contribution in [1.29, 1.82) is 0 Å². The number of halogens is 1. The summed E-state index contributed by atoms with van der Waals surface area (Å²) in [4.78, 5) is 0. The fourth-order valence-corrected chi connectivity index (χ4v) is 1.82. The number of hydrogen-bond donors (Lipinski definition) is 1. The molecule has 0 spiro atoms. The highest BCUT2D eigenvalue weighted by atomic mass is 35.5. The molecule has 0 amide bonds. The third-order valence-corrected chi connectivity index (χ3v) is 2.50. The minimum Gasteiger partial charge on any atom is -0.390 e. The van der Waals surface area contributed by atoms with Crippen LogP contribution in [0.5, 0.6) is 0 Å². The molecule has 0 bridgehead atoms. The van der Waals surface area contributed by atoms with Crippen LogP contribution in [0, 0.1) is 0 Å². The summed E-state index contributed by atoms with van der Waals surface area (Å²) in [5, 5.41) is 9.78. The largest absolute Gasteiger partial charge is 0.390 e. The summed E-state index contributed by atoms with van der Waals surface area (Å²) in [6.07, 6.45) is 2.96. The first-order valence-corrected chi connectivity index (χ1v) is 4.36. The summed E-state index contributed by atoms with van der Waals surface area (Å²) >= 11 is 5.98. The Balaban J connectivity index is 2.50. The SMILES string of the molecule is OCc1ccc2n1CCC=C2Cl. The molecule has 2 nitrogen and oxygen atoms in total. The minimum absolute atomic E-state index is 0.0875. The summed E-state index contributed by atoms with van der Waals surface area (Å²) in [5.41, 5.74) is 1.96. The van der Waals surface area contributed by atoms with Gasteiger partial charge in [-0.15, -0.1) is 0 Å². The highest BCUT2D eigenvalue weighted by molar-refractivity contribution is 6.48. The lowest BCUT2D eigenvalue weighted by Gasteiger charge is -2.14. The molecule has 1 N–H and O–H groups in total. The minimum atomic E-state index is 0.0875. The van der Waals surface area contributed by atoms with Crippen molar-refractivity contribution in [3.05, 3.63) is 29.6 Å². The fourth-order valence-electron chi connectivity index (χ4n) is 1.55. The molecule has 1 aromatic heterocycles. The van der Waals surface area contributed by atoms with Crippen LogP contribution < -0.4 is 0 Å². The van der Waals surface area contributed by atoms with Gasteiger partial charge in [0.05, 0.1) is 17.3 Å². The van der Waals surface area contributed by atoms with E-state index in [1.165, 1.54) is 0 Å². The predicted molar refractivity (Wildman–Crippen MR) is 48.8 cm³/mol. The molecular formula is C9H10ClNO. The lowest BCUT2D eigenvalue weighted by atomic mass is 10.2. The van der Waals surface area contributed by atoms with Crippen molar-refractivity contribution in [2.45, 2.75) is 19.6 Å². The van der Waals surface area contributed by atoms with Crippen LogP contribution in [0.2, 0.25) is 0 Å². The van der Waals surface area contributed by atoms with Crippen molar-refractivity contribution in [1.82, 2.24) is 4.57 Å². The number of allylic oxidation sites excluding steroid dienone is 1. The highest BCUT2D eigenvalue weighted by Crippen LogP contribution is 2.26. The van der Waals surface area contributed by atoms with E-state index in [1.54, 1.807) is 0 Å². The second-order valence-corrected chi connectivity index (χ2v) is 3.27. The maximum absolute atomic E-state index is 8.99. The monoisotopic (exact) mass is 183 g/mol. The topological polar surface area (TPSA) is 25.2 Å². The Morgan fingerprint density at radius 1 is 1.50 bits per heavy atom. The first kappa shape index (κ1) is 7.90. The molecular weight excluding hydrogens is 174 g/mol. The van der Waals surface area contributed by atoms with Crippen LogP contribution >= 0.6 is 11.6 Å². The Bertz CT molecular complexity index is 327. The number of aliphatic hydroxyl groups is 1. The van der Waals surface area contributed by atoms with Gasteiger partial charge in [-0.2, -0.15) is 0 Å². The molecule has 0 unspecified atom stereocenters. The van der Waals surface area contributed by atoms with Crippen LogP contribution in [-0.2, 0) is 13.2 Å². The third kappa shape index (κ3) is 1.08. The molecule has 3 heteroatoms. The van der Waals surface area contributed by atoms with E-state index in [0.717, 1.165) is 29.4 Å². The van der Waals surface area contributed by atoms with Gasteiger partial charge in [-0.25, -0.2) is 0 Å². The Kier molecular flexibility index (Phi) is 1.95. The van der Waals surface area contributed by atoms with E-state index in [2.05, 4.69) is 4.57 Å². The Morgan fingerprint density at radius 3 is 3.08 bits per heavy atom. The predicted octanol–water partition coefficient (Wildman–Crippen LogP) is 1.96. The zero-order chi connectivity index (χ0) is 8.55. The summed E-state index contributed by atoms with van der Waals surface area (Å²) in [6, 6.07) is 3.86. The van der Waals surface area contributed by atoms with Gasteiger partial charge in [0.1, 0.15) is 0 Å². The van der Waals surface area contributed by atoms with E-state index in [0.29, 0.717) is 0 Å². The maximum atomic E-state index is 8.99. The van der Waals surface area contributed by atoms with Gasteiger partial charge in [0.15, 0.2) is 0 Å². The molecule has 1 aliphatic rings. The average Bonchev–Trinajstić information content (AvgIpc) is 2.49. The average molecular weight is 184 g/mol. The molecule has 1 aliphatic heterocycles. The van der Waals surface area contributed by atoms with Gasteiger partial charge in [0.2, 0.25) is 0 Å². The quantitative estimate of drug-likeness (QED) is 0.708. The second-order valence-electron chi connectivity index (χ2n) is 2.86. The number of nitrogens with zero attached hydrogens (tertiary/aromatic N) is 1. The summed E-state index contributed by atoms with van der Waals surface area (Å²) in [7, 11) is 0. The second kappa shape index (κ2) is 2.96. The smallest absolute Gasteiger partial charge is 0.0833 e. The molecule has 0 radical (unpaired) electrons. The molecule has 0 aliphatic carbocycles. The van der Waals surface area contributed by atoms with E-state index in [-0.39, 0.29) is 6.61 Å². The number of aromatic nitrogens is 1. The van der Waals surface area contributed by atoms with Gasteiger partial charge >= 0.3 is 0 Å². The van der Waals surface area contributed by atoms with Crippen molar-refractivity contribution in [2.75, 3.05) is 0 Å². The first-order valence-electron chi connectivity index (χ1n) is 3.98. The standard InChI is InChI=1S/C9H10ClNO/c10-8-2-1-5-11-7(6-12)3-4-9(8)11/h2-4,12H,1,5-6H2. The molecule has 2 rings (SSSR count). The van der Waals surface area contributed by atoms with E-state index in [4.69, 9.17) is 16.7 Å². The van der Waals surface area contributed by atoms with Crippen LogP contribution in [0.1, 0.15) is 17.8 Å². The first-order chi connectivity index (χ1) is 5.83. The number of hydrogen-bond acceptors (Lipinski definition) is 1. The molecule has 0 saturated heterocycles. The van der Waals surface area contributed by atoms with Crippen molar-refractivity contribution in [2.24, 2.45) is 0 Å². The molecule has 64 valence electrons. The lowest BCUT2D eigenvalue weighted by molar-refractivity contribution is 0.270. The van der Waals surface area contributed by atoms with Crippen LogP contribution in [-0.4, -0.2) is 9.67 Å². The number of fused-ring (bicyclic) bond motifs is 1. The van der Waals surface area contributed by atoms with Gasteiger partial charge in [-0.05, 0) is 18.6 Å². The van der Waals surface area contributed by atoms with Gasteiger partial charge in [0, 0.05) is 12.2 Å². The van der Waals surface area contributed by atoms with Gasteiger partial charge in [-0.3, -0.25) is 0 Å². The van der Waals surface area contributed by atoms with Crippen molar-refractivity contribution in [3.8, 4) is 0 Å². The van der Waals surface area contributed by atoms with Crippen LogP contribution in [0.25, 0.3) is 5.03 Å². The maximum Gasteiger partial charge on any atom is 0.0833 e. The van der Waals surface area contributed by atoms with Crippen molar-refractivity contribution in [3.63, 3.8) is 0 Å². The molecule has 2 heterocycles. The lowest BCUT2D eigenvalue weighted by Crippen LogP contribution is -2.08. The van der Waals surface area contributed by atoms with E-state index in [1.807, 2.05) is 18.2 Å². The zero-order valence-electron chi connectivity index (χ0n) is 6.63. The zero-order valence-corrected chi connectivity index (χ0v) is 7.38. The van der Waals surface area contributed by atoms with Crippen LogP contribution in [0.3, 0.4) is 0 Å². The molecule has 12 heavy (non-hydrogen) atoms. The van der Waals surface area contributed by atoms with Gasteiger partial charge < -0.3 is 9.67 Å². The Morgan fingerprint density at radius 2 is 2.33 bits per heavy atom. The summed E-state index contributed by atoms with van der Waals surface area (Å²) in [5.74, 6) is 0. The molecule has 0 fully saturated rings. The fraction of sp³-hybridized carbons (Fsp3) is 0.333. The molecule has 0 aromatic carbocycles. The summed E-state index contributed by atoms with van der Waals surface area (Å²) in [6.45, 7) is 1.01. The van der Waals surface area contributed by atoms with E-state index >= 15 is 0 Å². The molecule has 0 saturated carbocycles. The van der Waals surface area contributed by atoms with E-state index in [9.17, 15) is 0 Å². The van der Waals surface area contributed by atoms with E-state index < -0.39 is 0 Å². The van der Waals surface area contributed by atoms with Gasteiger partial charge in [-0.1, -0.05) is 17.7 Å². The number of rotatable bonds is 1. The summed E-state index contributed by atoms with van der Waals surface area (Å²) < 4.78 is 2.06. The molecule has 0 atom stereocenters. The normalized spacial score (nSPS) is 15.7. The molecule has 1 aromatic rings. The van der Waals surface area contributed by atoms with Crippen LogP contribution in [0.4, 0.5) is 0 Å². The van der Waals surface area contributed by atoms with Gasteiger partial charge in [0.25, 0.3) is 0 Å². The van der Waals surface area contributed by atoms with Crippen molar-refractivity contribution >= 4 is 16.6 Å². The Hall–Kier alpha value is -0.730. The Labute approximate surface area is 76.1 Å². The highest BCUT2D eigenvalue weighted by Gasteiger charge is 2.12. The van der Waals surface area contributed by atoms with Crippen LogP contribution in [0.15, 0.2) is 18.2 Å². The van der Waals surface area contributed by atoms with Crippen molar-refractivity contribution < 1.29 is 5.11 Å². The third-order valence-electron chi connectivity index (χ3n) is 2.15. The number of aliphatic hydroxyl groups excluding tert-OH is 1.